The van der Waals surface area contributed by atoms with E-state index in [0.717, 1.165) is 40.8 Å². The van der Waals surface area contributed by atoms with Crippen molar-refractivity contribution in [3.05, 3.63) is 59.0 Å². The summed E-state index contributed by atoms with van der Waals surface area (Å²) in [5.41, 5.74) is 1.86. The summed E-state index contributed by atoms with van der Waals surface area (Å²) in [5.74, 6) is 2.40. The molecular formula is C19H24ClIN6O. The first-order chi connectivity index (χ1) is 13.2. The van der Waals surface area contributed by atoms with Gasteiger partial charge in [0.15, 0.2) is 17.4 Å². The number of aliphatic imine (C=N–C) groups is 1. The Morgan fingerprint density at radius 1 is 1.21 bits per heavy atom. The highest BCUT2D eigenvalue weighted by Gasteiger charge is 2.05. The highest BCUT2D eigenvalue weighted by atomic mass is 127. The molecule has 0 saturated heterocycles. The average molecular weight is 515 g/mol. The van der Waals surface area contributed by atoms with Crippen molar-refractivity contribution in [1.29, 1.82) is 0 Å². The van der Waals surface area contributed by atoms with E-state index in [-0.39, 0.29) is 24.0 Å². The van der Waals surface area contributed by atoms with Gasteiger partial charge in [-0.1, -0.05) is 17.7 Å². The maximum Gasteiger partial charge on any atom is 0.191 e. The average Bonchev–Trinajstić information content (AvgIpc) is 3.08. The second-order valence-electron chi connectivity index (χ2n) is 6.01. The highest BCUT2D eigenvalue weighted by Crippen LogP contribution is 2.21. The first-order valence-electron chi connectivity index (χ1n) is 8.79. The van der Waals surface area contributed by atoms with Crippen molar-refractivity contribution >= 4 is 47.2 Å². The highest BCUT2D eigenvalue weighted by molar-refractivity contribution is 14.0. The van der Waals surface area contributed by atoms with Gasteiger partial charge in [-0.2, -0.15) is 0 Å². The topological polar surface area (TPSA) is 75.8 Å². The number of fused-ring (bicyclic) bond motifs is 1. The van der Waals surface area contributed by atoms with Gasteiger partial charge in [0.25, 0.3) is 0 Å². The summed E-state index contributed by atoms with van der Waals surface area (Å²) >= 11 is 5.95. The van der Waals surface area contributed by atoms with E-state index in [1.54, 1.807) is 7.05 Å². The Morgan fingerprint density at radius 2 is 2.07 bits per heavy atom. The number of rotatable bonds is 7. The number of benzene rings is 1. The molecule has 0 unspecified atom stereocenters. The van der Waals surface area contributed by atoms with E-state index >= 15 is 0 Å². The van der Waals surface area contributed by atoms with E-state index in [1.807, 2.05) is 53.9 Å². The number of hydrogen-bond acceptors (Lipinski definition) is 4. The molecule has 0 radical (unpaired) electrons. The van der Waals surface area contributed by atoms with Crippen molar-refractivity contribution in [2.24, 2.45) is 4.99 Å². The Labute approximate surface area is 186 Å². The smallest absolute Gasteiger partial charge is 0.191 e. The number of nitrogens with zero attached hydrogens (tertiary/aromatic N) is 4. The minimum atomic E-state index is 0. The molecule has 3 aromatic rings. The molecule has 3 rings (SSSR count). The van der Waals surface area contributed by atoms with E-state index in [1.165, 1.54) is 0 Å². The Hall–Kier alpha value is -2.07. The van der Waals surface area contributed by atoms with Crippen molar-refractivity contribution < 1.29 is 4.74 Å². The zero-order valence-electron chi connectivity index (χ0n) is 15.9. The standard InChI is InChI=1S/C19H23ClN6O.HI/c1-14-12-15(20)7-8-16(14)27-11-5-9-22-19(21-2)23-13-18-25-24-17-6-3-4-10-26(17)18;/h3-4,6-8,10,12H,5,9,11,13H2,1-2H3,(H2,21,22,23);1H. The van der Waals surface area contributed by atoms with Crippen molar-refractivity contribution in [3.63, 3.8) is 0 Å². The van der Waals surface area contributed by atoms with Crippen LogP contribution in [0.5, 0.6) is 5.75 Å². The number of aryl methyl sites for hydroxylation is 1. The molecule has 0 saturated carbocycles. The van der Waals surface area contributed by atoms with Crippen LogP contribution >= 0.6 is 35.6 Å². The van der Waals surface area contributed by atoms with Crippen molar-refractivity contribution in [3.8, 4) is 5.75 Å². The van der Waals surface area contributed by atoms with Gasteiger partial charge in [0.2, 0.25) is 0 Å². The molecule has 9 heteroatoms. The molecule has 0 aliphatic carbocycles. The molecule has 0 amide bonds. The summed E-state index contributed by atoms with van der Waals surface area (Å²) in [6, 6.07) is 11.4. The normalized spacial score (nSPS) is 11.2. The van der Waals surface area contributed by atoms with Crippen LogP contribution in [0.4, 0.5) is 0 Å². The van der Waals surface area contributed by atoms with Crippen LogP contribution in [0.1, 0.15) is 17.8 Å². The fraction of sp³-hybridized carbons (Fsp3) is 0.316. The summed E-state index contributed by atoms with van der Waals surface area (Å²) in [5, 5.41) is 15.6. The fourth-order valence-electron chi connectivity index (χ4n) is 2.63. The predicted octanol–water partition coefficient (Wildman–Crippen LogP) is 3.44. The number of ether oxygens (including phenoxy) is 1. The number of nitrogens with one attached hydrogen (secondary N) is 2. The van der Waals surface area contributed by atoms with Crippen LogP contribution in [0.3, 0.4) is 0 Å². The van der Waals surface area contributed by atoms with Crippen molar-refractivity contribution in [2.75, 3.05) is 20.2 Å². The zero-order chi connectivity index (χ0) is 19.1. The third-order valence-electron chi connectivity index (χ3n) is 4.03. The lowest BCUT2D eigenvalue weighted by Gasteiger charge is -2.12. The van der Waals surface area contributed by atoms with Crippen LogP contribution in [0, 0.1) is 6.92 Å². The molecule has 0 aliphatic rings. The molecular weight excluding hydrogens is 491 g/mol. The van der Waals surface area contributed by atoms with E-state index < -0.39 is 0 Å². The molecule has 2 aromatic heterocycles. The molecule has 7 nitrogen and oxygen atoms in total. The minimum Gasteiger partial charge on any atom is -0.493 e. The molecule has 0 atom stereocenters. The van der Waals surface area contributed by atoms with Gasteiger partial charge in [-0.15, -0.1) is 34.2 Å². The summed E-state index contributed by atoms with van der Waals surface area (Å²) in [6.45, 7) is 3.87. The van der Waals surface area contributed by atoms with Crippen molar-refractivity contribution in [1.82, 2.24) is 25.2 Å². The Bertz CT molecular complexity index is 930. The van der Waals surface area contributed by atoms with Gasteiger partial charge in [-0.05, 0) is 49.2 Å². The van der Waals surface area contributed by atoms with Crippen LogP contribution in [-0.4, -0.2) is 40.8 Å². The van der Waals surface area contributed by atoms with Crippen LogP contribution < -0.4 is 15.4 Å². The number of aromatic nitrogens is 3. The van der Waals surface area contributed by atoms with Crippen LogP contribution in [0.25, 0.3) is 5.65 Å². The van der Waals surface area contributed by atoms with Crippen molar-refractivity contribution in [2.45, 2.75) is 19.9 Å². The lowest BCUT2D eigenvalue weighted by molar-refractivity contribution is 0.309. The zero-order valence-corrected chi connectivity index (χ0v) is 18.9. The Kier molecular flexibility index (Phi) is 8.78. The third kappa shape index (κ3) is 5.96. The van der Waals surface area contributed by atoms with Gasteiger partial charge in [0.1, 0.15) is 5.75 Å². The van der Waals surface area contributed by atoms with Crippen LogP contribution in [-0.2, 0) is 6.54 Å². The minimum absolute atomic E-state index is 0. The Morgan fingerprint density at radius 3 is 2.86 bits per heavy atom. The lowest BCUT2D eigenvalue weighted by Crippen LogP contribution is -2.38. The maximum absolute atomic E-state index is 5.95. The molecule has 0 fully saturated rings. The van der Waals surface area contributed by atoms with Gasteiger partial charge < -0.3 is 15.4 Å². The van der Waals surface area contributed by atoms with E-state index in [4.69, 9.17) is 16.3 Å². The van der Waals surface area contributed by atoms with Gasteiger partial charge in [-0.25, -0.2) is 0 Å². The molecule has 1 aromatic carbocycles. The number of halogens is 2. The number of pyridine rings is 1. The molecule has 0 aliphatic heterocycles. The third-order valence-corrected chi connectivity index (χ3v) is 4.27. The summed E-state index contributed by atoms with van der Waals surface area (Å²) in [4.78, 5) is 4.23. The second kappa shape index (κ2) is 11.1. The van der Waals surface area contributed by atoms with E-state index in [9.17, 15) is 0 Å². The van der Waals surface area contributed by atoms with Crippen LogP contribution in [0.2, 0.25) is 5.02 Å². The van der Waals surface area contributed by atoms with E-state index in [0.29, 0.717) is 19.1 Å². The van der Waals surface area contributed by atoms with Crippen LogP contribution in [0.15, 0.2) is 47.6 Å². The quantitative estimate of drug-likeness (QED) is 0.219. The Balaban J connectivity index is 0.00000280. The first-order valence-corrected chi connectivity index (χ1v) is 9.17. The predicted molar refractivity (Wildman–Crippen MR) is 123 cm³/mol. The SMILES string of the molecule is CN=C(NCCCOc1ccc(Cl)cc1C)NCc1nnc2ccccn12.I. The summed E-state index contributed by atoms with van der Waals surface area (Å²) in [6.07, 6.45) is 2.79. The first kappa shape index (κ1) is 22.2. The maximum atomic E-state index is 5.95. The molecule has 2 heterocycles. The molecule has 28 heavy (non-hydrogen) atoms. The molecule has 0 bridgehead atoms. The monoisotopic (exact) mass is 514 g/mol. The van der Waals surface area contributed by atoms with Gasteiger partial charge >= 0.3 is 0 Å². The largest absolute Gasteiger partial charge is 0.493 e. The molecule has 2 N–H and O–H groups in total. The van der Waals surface area contributed by atoms with Gasteiger partial charge in [0.05, 0.1) is 13.2 Å². The lowest BCUT2D eigenvalue weighted by atomic mass is 10.2. The second-order valence-corrected chi connectivity index (χ2v) is 6.45. The molecule has 150 valence electrons. The number of hydrogen-bond donors (Lipinski definition) is 2. The van der Waals surface area contributed by atoms with Gasteiger partial charge in [0, 0.05) is 24.8 Å². The fourth-order valence-corrected chi connectivity index (χ4v) is 2.86. The van der Waals surface area contributed by atoms with Gasteiger partial charge in [-0.3, -0.25) is 9.39 Å². The number of guanidine groups is 1. The van der Waals surface area contributed by atoms with E-state index in [2.05, 4.69) is 25.8 Å². The summed E-state index contributed by atoms with van der Waals surface area (Å²) in [7, 11) is 1.74. The summed E-state index contributed by atoms with van der Waals surface area (Å²) < 4.78 is 7.74. The molecule has 0 spiro atoms.